The Balaban J connectivity index is 2.22. The van der Waals surface area contributed by atoms with Gasteiger partial charge in [0.2, 0.25) is 0 Å². The van der Waals surface area contributed by atoms with Gasteiger partial charge in [-0.2, -0.15) is 0 Å². The Bertz CT molecular complexity index is 801. The third-order valence-electron chi connectivity index (χ3n) is 4.28. The lowest BCUT2D eigenvalue weighted by Crippen LogP contribution is -2.26. The quantitative estimate of drug-likeness (QED) is 0.763. The average molecular weight is 352 g/mol. The minimum atomic E-state index is -0.286. The fourth-order valence-corrected chi connectivity index (χ4v) is 2.49. The molecule has 2 N–H and O–H groups in total. The van der Waals surface area contributed by atoms with Crippen molar-refractivity contribution in [2.75, 3.05) is 0 Å². The molecule has 0 spiro atoms. The molecule has 0 saturated heterocycles. The van der Waals surface area contributed by atoms with E-state index in [9.17, 15) is 14.7 Å². The van der Waals surface area contributed by atoms with Gasteiger partial charge in [-0.15, -0.1) is 0 Å². The molecular weight excluding hydrogens is 328 g/mol. The number of aromatic hydroxyl groups is 1. The predicted octanol–water partition coefficient (Wildman–Crippen LogP) is 3.87. The van der Waals surface area contributed by atoms with Crippen LogP contribution in [0.2, 0.25) is 0 Å². The van der Waals surface area contributed by atoms with Crippen molar-refractivity contribution in [3.05, 3.63) is 77.9 Å². The van der Waals surface area contributed by atoms with E-state index in [-0.39, 0.29) is 23.4 Å². The Morgan fingerprint density at radius 1 is 1.27 bits per heavy atom. The highest BCUT2D eigenvalue weighted by atomic mass is 16.3. The lowest BCUT2D eigenvalue weighted by molar-refractivity contribution is -0.114. The second-order valence-electron chi connectivity index (χ2n) is 6.27. The number of rotatable bonds is 6. The number of benzene rings is 1. The molecule has 1 amide bonds. The van der Waals surface area contributed by atoms with Crippen molar-refractivity contribution in [1.82, 2.24) is 10.2 Å². The van der Waals surface area contributed by atoms with Gasteiger partial charge in [0.25, 0.3) is 5.91 Å². The van der Waals surface area contributed by atoms with Crippen molar-refractivity contribution in [2.45, 2.75) is 27.2 Å². The maximum Gasteiger partial charge on any atom is 0.255 e. The molecule has 0 aliphatic carbocycles. The highest BCUT2D eigenvalue weighted by Crippen LogP contribution is 2.21. The zero-order valence-electron chi connectivity index (χ0n) is 15.3. The van der Waals surface area contributed by atoms with Crippen molar-refractivity contribution < 1.29 is 14.7 Å². The van der Waals surface area contributed by atoms with E-state index in [2.05, 4.69) is 11.9 Å². The Kier molecular flexibility index (Phi) is 6.17. The minimum absolute atomic E-state index is 0.0183. The molecule has 1 aromatic carbocycles. The summed E-state index contributed by atoms with van der Waals surface area (Å²) in [6.45, 7) is 9.57. The molecule has 26 heavy (non-hydrogen) atoms. The summed E-state index contributed by atoms with van der Waals surface area (Å²) in [6, 6.07) is 6.01. The van der Waals surface area contributed by atoms with Gasteiger partial charge in [0.05, 0.1) is 5.70 Å². The van der Waals surface area contributed by atoms with Gasteiger partial charge in [0, 0.05) is 29.2 Å². The molecule has 136 valence electrons. The van der Waals surface area contributed by atoms with Crippen molar-refractivity contribution >= 4 is 11.7 Å². The SMILES string of the molecule is C=C1C=CC(NC(=O)c2ccc(O)cc2)=CN1/C=C(/C(C)=O)C(C)CC. The lowest BCUT2D eigenvalue weighted by Gasteiger charge is -2.24. The highest BCUT2D eigenvalue weighted by Gasteiger charge is 2.16. The van der Waals surface area contributed by atoms with Crippen LogP contribution in [0.25, 0.3) is 0 Å². The summed E-state index contributed by atoms with van der Waals surface area (Å²) in [5.74, 6) is -0.0294. The first-order valence-electron chi connectivity index (χ1n) is 8.52. The summed E-state index contributed by atoms with van der Waals surface area (Å²) < 4.78 is 0. The minimum Gasteiger partial charge on any atom is -0.508 e. The third-order valence-corrected chi connectivity index (χ3v) is 4.28. The number of amides is 1. The summed E-state index contributed by atoms with van der Waals surface area (Å²) in [6.07, 6.45) is 7.88. The zero-order chi connectivity index (χ0) is 19.3. The molecular formula is C21H24N2O3. The van der Waals surface area contributed by atoms with E-state index < -0.39 is 0 Å². The molecule has 1 atom stereocenters. The van der Waals surface area contributed by atoms with E-state index >= 15 is 0 Å². The van der Waals surface area contributed by atoms with Gasteiger partial charge in [-0.1, -0.05) is 20.4 Å². The van der Waals surface area contributed by atoms with Crippen LogP contribution in [0.4, 0.5) is 0 Å². The lowest BCUT2D eigenvalue weighted by atomic mass is 9.96. The summed E-state index contributed by atoms with van der Waals surface area (Å²) in [5, 5.41) is 12.1. The van der Waals surface area contributed by atoms with Gasteiger partial charge in [-0.3, -0.25) is 9.59 Å². The molecule has 0 fully saturated rings. The van der Waals surface area contributed by atoms with Gasteiger partial charge >= 0.3 is 0 Å². The number of phenols is 1. The molecule has 1 aliphatic rings. The normalized spacial score (nSPS) is 15.5. The molecule has 5 heteroatoms. The monoisotopic (exact) mass is 352 g/mol. The number of carbonyl (C=O) groups is 2. The first-order chi connectivity index (χ1) is 12.3. The number of hydrogen-bond donors (Lipinski definition) is 2. The number of Topliss-reactive ketones (excluding diaryl/α,β-unsaturated/α-hetero) is 1. The topological polar surface area (TPSA) is 69.6 Å². The summed E-state index contributed by atoms with van der Waals surface area (Å²) in [7, 11) is 0. The highest BCUT2D eigenvalue weighted by molar-refractivity contribution is 5.95. The molecule has 1 unspecified atom stereocenters. The number of ketones is 1. The van der Waals surface area contributed by atoms with Crippen LogP contribution in [0, 0.1) is 5.92 Å². The van der Waals surface area contributed by atoms with E-state index in [0.29, 0.717) is 22.5 Å². The van der Waals surface area contributed by atoms with Crippen LogP contribution in [0.15, 0.2) is 72.4 Å². The number of phenolic OH excluding ortho intramolecular Hbond substituents is 1. The van der Waals surface area contributed by atoms with Crippen LogP contribution < -0.4 is 5.32 Å². The van der Waals surface area contributed by atoms with Gasteiger partial charge in [0.1, 0.15) is 5.75 Å². The van der Waals surface area contributed by atoms with Crippen LogP contribution >= 0.6 is 0 Å². The fourth-order valence-electron chi connectivity index (χ4n) is 2.49. The van der Waals surface area contributed by atoms with Crippen molar-refractivity contribution in [3.63, 3.8) is 0 Å². The van der Waals surface area contributed by atoms with Crippen molar-refractivity contribution in [2.24, 2.45) is 5.92 Å². The second-order valence-corrected chi connectivity index (χ2v) is 6.27. The number of nitrogens with zero attached hydrogens (tertiary/aromatic N) is 1. The number of carbonyl (C=O) groups excluding carboxylic acids is 2. The molecule has 1 aromatic rings. The van der Waals surface area contributed by atoms with E-state index in [1.807, 2.05) is 13.8 Å². The van der Waals surface area contributed by atoms with E-state index in [0.717, 1.165) is 6.42 Å². The standard InChI is InChI=1S/C21H24N2O3/c1-5-14(2)20(16(4)24)13-23-12-18(9-6-15(23)3)22-21(26)17-7-10-19(25)11-8-17/h6-14,25H,3,5H2,1-2,4H3,(H,22,26)/b20-13+. The van der Waals surface area contributed by atoms with E-state index in [1.54, 1.807) is 48.5 Å². The van der Waals surface area contributed by atoms with Gasteiger partial charge in [0.15, 0.2) is 5.78 Å². The third kappa shape index (κ3) is 4.72. The van der Waals surface area contributed by atoms with Gasteiger partial charge in [-0.05, 0) is 55.7 Å². The first kappa shape index (κ1) is 19.2. The molecule has 2 rings (SSSR count). The molecule has 0 saturated carbocycles. The van der Waals surface area contributed by atoms with E-state index in [1.165, 1.54) is 12.1 Å². The molecule has 1 aliphatic heterocycles. The second kappa shape index (κ2) is 8.34. The Hall–Kier alpha value is -3.08. The summed E-state index contributed by atoms with van der Waals surface area (Å²) >= 11 is 0. The first-order valence-corrected chi connectivity index (χ1v) is 8.52. The van der Waals surface area contributed by atoms with Gasteiger partial charge < -0.3 is 15.3 Å². The van der Waals surface area contributed by atoms with Crippen LogP contribution in [-0.4, -0.2) is 21.7 Å². The van der Waals surface area contributed by atoms with Crippen molar-refractivity contribution in [3.8, 4) is 5.75 Å². The van der Waals surface area contributed by atoms with Crippen LogP contribution in [0.1, 0.15) is 37.6 Å². The van der Waals surface area contributed by atoms with Crippen LogP contribution in [0.3, 0.4) is 0 Å². The molecule has 0 aromatic heterocycles. The summed E-state index contributed by atoms with van der Waals surface area (Å²) in [5.41, 5.74) is 2.44. The van der Waals surface area contributed by atoms with E-state index in [4.69, 9.17) is 0 Å². The van der Waals surface area contributed by atoms with Crippen LogP contribution in [0.5, 0.6) is 5.75 Å². The maximum atomic E-state index is 12.3. The maximum absolute atomic E-state index is 12.3. The number of hydrogen-bond acceptors (Lipinski definition) is 4. The van der Waals surface area contributed by atoms with Crippen molar-refractivity contribution in [1.29, 1.82) is 0 Å². The fraction of sp³-hybridized carbons (Fsp3) is 0.238. The number of nitrogens with one attached hydrogen (secondary N) is 1. The molecule has 0 bridgehead atoms. The number of allylic oxidation sites excluding steroid dienone is 3. The average Bonchev–Trinajstić information content (AvgIpc) is 2.61. The predicted molar refractivity (Wildman–Crippen MR) is 102 cm³/mol. The zero-order valence-corrected chi connectivity index (χ0v) is 15.3. The summed E-state index contributed by atoms with van der Waals surface area (Å²) in [4.78, 5) is 26.0. The largest absolute Gasteiger partial charge is 0.508 e. The molecule has 5 nitrogen and oxygen atoms in total. The Labute approximate surface area is 154 Å². The molecule has 0 radical (unpaired) electrons. The van der Waals surface area contributed by atoms with Gasteiger partial charge in [-0.25, -0.2) is 0 Å². The molecule has 1 heterocycles. The Morgan fingerprint density at radius 3 is 2.50 bits per heavy atom. The smallest absolute Gasteiger partial charge is 0.255 e. The van der Waals surface area contributed by atoms with Crippen LogP contribution in [-0.2, 0) is 4.79 Å². The Morgan fingerprint density at radius 2 is 1.92 bits per heavy atom.